The van der Waals surface area contributed by atoms with Gasteiger partial charge in [-0.2, -0.15) is 0 Å². The first kappa shape index (κ1) is 7.79. The van der Waals surface area contributed by atoms with Gasteiger partial charge in [0.1, 0.15) is 5.82 Å². The van der Waals surface area contributed by atoms with Gasteiger partial charge in [-0.15, -0.1) is 0 Å². The molecule has 0 saturated carbocycles. The normalized spacial score (nSPS) is 10.2. The summed E-state index contributed by atoms with van der Waals surface area (Å²) in [6, 6.07) is 5.77. The minimum absolute atomic E-state index is 0.202. The lowest BCUT2D eigenvalue weighted by atomic mass is 10.1. The number of nitrogens with one attached hydrogen (secondary N) is 2. The molecule has 3 nitrogen and oxygen atoms in total. The lowest BCUT2D eigenvalue weighted by molar-refractivity contribution is 0.628. The van der Waals surface area contributed by atoms with Crippen molar-refractivity contribution in [1.29, 1.82) is 0 Å². The van der Waals surface area contributed by atoms with Gasteiger partial charge in [-0.05, 0) is 17.7 Å². The molecule has 0 bridgehead atoms. The average Bonchev–Trinajstić information content (AvgIpc) is 2.53. The van der Waals surface area contributed by atoms with E-state index in [-0.39, 0.29) is 11.4 Å². The van der Waals surface area contributed by atoms with Gasteiger partial charge >= 0.3 is 0 Å². The van der Waals surface area contributed by atoms with Crippen LogP contribution in [0.4, 0.5) is 4.39 Å². The van der Waals surface area contributed by atoms with Crippen LogP contribution in [0.2, 0.25) is 0 Å². The summed E-state index contributed by atoms with van der Waals surface area (Å²) in [4.78, 5) is 11.1. The maximum absolute atomic E-state index is 12.5. The molecule has 0 aliphatic carbocycles. The first-order chi connectivity index (χ1) is 6.27. The van der Waals surface area contributed by atoms with Crippen molar-refractivity contribution in [3.8, 4) is 11.1 Å². The van der Waals surface area contributed by atoms with Crippen LogP contribution < -0.4 is 5.56 Å². The van der Waals surface area contributed by atoms with Crippen molar-refractivity contribution in [2.45, 2.75) is 0 Å². The minimum atomic E-state index is -0.310. The predicted molar refractivity (Wildman–Crippen MR) is 46.8 cm³/mol. The Hall–Kier alpha value is -1.84. The zero-order chi connectivity index (χ0) is 9.26. The summed E-state index contributed by atoms with van der Waals surface area (Å²) in [7, 11) is 0. The molecular formula is C9H7FN2O. The molecule has 0 saturated heterocycles. The smallest absolute Gasteiger partial charge is 0.271 e. The van der Waals surface area contributed by atoms with Gasteiger partial charge in [0.05, 0.1) is 5.56 Å². The summed E-state index contributed by atoms with van der Waals surface area (Å²) in [5, 5.41) is 4.99. The van der Waals surface area contributed by atoms with E-state index in [0.29, 0.717) is 11.1 Å². The molecule has 2 N–H and O–H groups in total. The fourth-order valence-electron chi connectivity index (χ4n) is 1.15. The maximum atomic E-state index is 12.5. The van der Waals surface area contributed by atoms with Gasteiger partial charge in [0.25, 0.3) is 5.56 Å². The molecule has 0 amide bonds. The van der Waals surface area contributed by atoms with Crippen LogP contribution in [-0.4, -0.2) is 10.2 Å². The molecule has 0 aliphatic heterocycles. The van der Waals surface area contributed by atoms with Crippen molar-refractivity contribution >= 4 is 0 Å². The van der Waals surface area contributed by atoms with E-state index in [4.69, 9.17) is 0 Å². The molecule has 1 aromatic heterocycles. The van der Waals surface area contributed by atoms with E-state index < -0.39 is 0 Å². The van der Waals surface area contributed by atoms with Crippen molar-refractivity contribution < 1.29 is 4.39 Å². The molecule has 2 rings (SSSR count). The van der Waals surface area contributed by atoms with Gasteiger partial charge in [-0.1, -0.05) is 12.1 Å². The quantitative estimate of drug-likeness (QED) is 0.683. The predicted octanol–water partition coefficient (Wildman–Crippen LogP) is 1.51. The van der Waals surface area contributed by atoms with E-state index in [0.717, 1.165) is 0 Å². The second-order valence-electron chi connectivity index (χ2n) is 2.66. The molecule has 0 atom stereocenters. The molecule has 2 aromatic rings. The van der Waals surface area contributed by atoms with Crippen LogP contribution in [0.25, 0.3) is 11.1 Å². The van der Waals surface area contributed by atoms with Gasteiger partial charge in [0, 0.05) is 6.20 Å². The van der Waals surface area contributed by atoms with Gasteiger partial charge in [-0.3, -0.25) is 9.89 Å². The Morgan fingerprint density at radius 3 is 2.38 bits per heavy atom. The van der Waals surface area contributed by atoms with Crippen molar-refractivity contribution in [3.05, 3.63) is 46.6 Å². The number of aromatic amines is 2. The summed E-state index contributed by atoms with van der Waals surface area (Å²) in [6.45, 7) is 0. The zero-order valence-corrected chi connectivity index (χ0v) is 6.67. The molecule has 0 spiro atoms. The highest BCUT2D eigenvalue weighted by Gasteiger charge is 2.02. The van der Waals surface area contributed by atoms with Crippen LogP contribution in [0.1, 0.15) is 0 Å². The second kappa shape index (κ2) is 2.90. The monoisotopic (exact) mass is 178 g/mol. The third-order valence-electron chi connectivity index (χ3n) is 1.80. The van der Waals surface area contributed by atoms with Crippen LogP contribution in [0.3, 0.4) is 0 Å². The Balaban J connectivity index is 2.54. The highest BCUT2D eigenvalue weighted by Crippen LogP contribution is 2.13. The van der Waals surface area contributed by atoms with Crippen molar-refractivity contribution in [3.63, 3.8) is 0 Å². The number of hydrogen-bond acceptors (Lipinski definition) is 1. The minimum Gasteiger partial charge on any atom is -0.305 e. The standard InChI is InChI=1S/C9H7FN2O/c10-7-3-1-6(2-4-7)8-5-11-12-9(8)13/h1-5H,(H2,11,12,13). The number of H-pyrrole nitrogens is 2. The molecular weight excluding hydrogens is 171 g/mol. The Morgan fingerprint density at radius 1 is 1.15 bits per heavy atom. The Kier molecular flexibility index (Phi) is 1.73. The number of hydrogen-bond donors (Lipinski definition) is 2. The number of rotatable bonds is 1. The van der Waals surface area contributed by atoms with Gasteiger partial charge < -0.3 is 5.10 Å². The fourth-order valence-corrected chi connectivity index (χ4v) is 1.15. The van der Waals surface area contributed by atoms with E-state index in [1.807, 2.05) is 0 Å². The zero-order valence-electron chi connectivity index (χ0n) is 6.67. The van der Waals surface area contributed by atoms with Gasteiger partial charge in [-0.25, -0.2) is 4.39 Å². The molecule has 1 aromatic carbocycles. The topological polar surface area (TPSA) is 48.6 Å². The largest absolute Gasteiger partial charge is 0.305 e. The Labute approximate surface area is 73.2 Å². The molecule has 0 fully saturated rings. The Morgan fingerprint density at radius 2 is 1.85 bits per heavy atom. The molecule has 66 valence electrons. The first-order valence-electron chi connectivity index (χ1n) is 3.79. The van der Waals surface area contributed by atoms with E-state index in [1.54, 1.807) is 18.3 Å². The lowest BCUT2D eigenvalue weighted by Crippen LogP contribution is -2.00. The number of halogens is 1. The lowest BCUT2D eigenvalue weighted by Gasteiger charge is -1.93. The van der Waals surface area contributed by atoms with Crippen LogP contribution >= 0.6 is 0 Å². The van der Waals surface area contributed by atoms with E-state index in [1.165, 1.54) is 12.1 Å². The van der Waals surface area contributed by atoms with Crippen LogP contribution in [0.15, 0.2) is 35.3 Å². The van der Waals surface area contributed by atoms with Crippen LogP contribution in [0.5, 0.6) is 0 Å². The third kappa shape index (κ3) is 1.38. The highest BCUT2D eigenvalue weighted by molar-refractivity contribution is 5.61. The molecule has 0 radical (unpaired) electrons. The summed E-state index contributed by atoms with van der Waals surface area (Å²) in [5.74, 6) is -0.310. The van der Waals surface area contributed by atoms with Crippen LogP contribution in [-0.2, 0) is 0 Å². The molecule has 0 unspecified atom stereocenters. The maximum Gasteiger partial charge on any atom is 0.271 e. The second-order valence-corrected chi connectivity index (χ2v) is 2.66. The molecule has 1 heterocycles. The summed E-state index contributed by atoms with van der Waals surface area (Å²) < 4.78 is 12.5. The van der Waals surface area contributed by atoms with Crippen molar-refractivity contribution in [2.75, 3.05) is 0 Å². The SMILES string of the molecule is O=c1[nH][nH]cc1-c1ccc(F)cc1. The summed E-state index contributed by atoms with van der Waals surface area (Å²) in [6.07, 6.45) is 1.55. The summed E-state index contributed by atoms with van der Waals surface area (Å²) >= 11 is 0. The van der Waals surface area contributed by atoms with Crippen molar-refractivity contribution in [2.24, 2.45) is 0 Å². The average molecular weight is 178 g/mol. The third-order valence-corrected chi connectivity index (χ3v) is 1.80. The van der Waals surface area contributed by atoms with E-state index >= 15 is 0 Å². The van der Waals surface area contributed by atoms with Gasteiger partial charge in [0.15, 0.2) is 0 Å². The van der Waals surface area contributed by atoms with E-state index in [9.17, 15) is 9.18 Å². The number of aromatic nitrogens is 2. The van der Waals surface area contributed by atoms with Crippen molar-refractivity contribution in [1.82, 2.24) is 10.2 Å². The van der Waals surface area contributed by atoms with Crippen LogP contribution in [0, 0.1) is 5.82 Å². The molecule has 13 heavy (non-hydrogen) atoms. The highest BCUT2D eigenvalue weighted by atomic mass is 19.1. The molecule has 4 heteroatoms. The first-order valence-corrected chi connectivity index (χ1v) is 3.79. The Bertz CT molecular complexity index is 455. The number of benzene rings is 1. The summed E-state index contributed by atoms with van der Waals surface area (Å²) in [5.41, 5.74) is 1.01. The van der Waals surface area contributed by atoms with E-state index in [2.05, 4.69) is 10.2 Å². The van der Waals surface area contributed by atoms with Gasteiger partial charge in [0.2, 0.25) is 0 Å². The fraction of sp³-hybridized carbons (Fsp3) is 0. The molecule has 0 aliphatic rings.